The molecule has 0 amide bonds. The minimum atomic E-state index is -0.127. The van der Waals surface area contributed by atoms with Crippen LogP contribution in [0.25, 0.3) is 10.8 Å². The summed E-state index contributed by atoms with van der Waals surface area (Å²) in [7, 11) is 0. The summed E-state index contributed by atoms with van der Waals surface area (Å²) in [6.45, 7) is 1.07. The minimum absolute atomic E-state index is 0.127. The van der Waals surface area contributed by atoms with Crippen molar-refractivity contribution in [1.29, 1.82) is 0 Å². The van der Waals surface area contributed by atoms with Crippen LogP contribution in [-0.4, -0.2) is 6.54 Å². The van der Waals surface area contributed by atoms with Gasteiger partial charge >= 0.3 is 0 Å². The average Bonchev–Trinajstić information content (AvgIpc) is 2.83. The largest absolute Gasteiger partial charge is 0.310 e. The van der Waals surface area contributed by atoms with Crippen LogP contribution >= 0.6 is 0 Å². The van der Waals surface area contributed by atoms with Crippen LogP contribution < -0.4 is 5.32 Å². The summed E-state index contributed by atoms with van der Waals surface area (Å²) in [5.74, 6) is -0.127. The van der Waals surface area contributed by atoms with Crippen molar-refractivity contribution in [3.05, 3.63) is 47.8 Å². The Morgan fingerprint density at radius 1 is 1.06 bits per heavy atom. The van der Waals surface area contributed by atoms with Gasteiger partial charge in [0.15, 0.2) is 0 Å². The van der Waals surface area contributed by atoms with Crippen molar-refractivity contribution in [2.24, 2.45) is 0 Å². The molecule has 1 saturated heterocycles. The number of benzene rings is 2. The topological polar surface area (TPSA) is 12.0 Å². The summed E-state index contributed by atoms with van der Waals surface area (Å²) < 4.78 is 13.6. The molecule has 0 radical (unpaired) electrons. The lowest BCUT2D eigenvalue weighted by atomic mass is 9.97. The SMILES string of the molecule is Fc1ccc(C2CCCN2)c2ccccc12. The predicted octanol–water partition coefficient (Wildman–Crippen LogP) is 3.40. The van der Waals surface area contributed by atoms with Crippen LogP contribution in [0.4, 0.5) is 4.39 Å². The van der Waals surface area contributed by atoms with Gasteiger partial charge in [0.05, 0.1) is 0 Å². The number of fused-ring (bicyclic) bond motifs is 1. The van der Waals surface area contributed by atoms with Crippen molar-refractivity contribution >= 4 is 10.8 Å². The van der Waals surface area contributed by atoms with E-state index in [9.17, 15) is 4.39 Å². The standard InChI is InChI=1S/C14H14FN/c15-13-8-7-12(14-6-3-9-16-14)10-4-1-2-5-11(10)13/h1-2,4-5,7-8,14,16H,3,6,9H2. The number of halogens is 1. The van der Waals surface area contributed by atoms with Gasteiger partial charge in [0.2, 0.25) is 0 Å². The molecule has 1 fully saturated rings. The van der Waals surface area contributed by atoms with Crippen molar-refractivity contribution in [2.45, 2.75) is 18.9 Å². The fourth-order valence-corrected chi connectivity index (χ4v) is 2.54. The van der Waals surface area contributed by atoms with Gasteiger partial charge in [0, 0.05) is 11.4 Å². The second-order valence-corrected chi connectivity index (χ2v) is 4.33. The van der Waals surface area contributed by atoms with Gasteiger partial charge < -0.3 is 5.32 Å². The summed E-state index contributed by atoms with van der Waals surface area (Å²) in [5.41, 5.74) is 1.23. The van der Waals surface area contributed by atoms with Crippen LogP contribution in [-0.2, 0) is 0 Å². The van der Waals surface area contributed by atoms with E-state index in [0.717, 1.165) is 23.7 Å². The highest BCUT2D eigenvalue weighted by atomic mass is 19.1. The maximum atomic E-state index is 13.6. The molecule has 82 valence electrons. The van der Waals surface area contributed by atoms with Crippen LogP contribution in [0.1, 0.15) is 24.4 Å². The lowest BCUT2D eigenvalue weighted by Crippen LogP contribution is -2.13. The molecule has 0 aliphatic carbocycles. The first kappa shape index (κ1) is 9.79. The molecule has 2 heteroatoms. The van der Waals surface area contributed by atoms with Crippen LogP contribution in [0.15, 0.2) is 36.4 Å². The molecule has 3 rings (SSSR count). The molecule has 1 atom stereocenters. The highest BCUT2D eigenvalue weighted by molar-refractivity contribution is 5.86. The maximum Gasteiger partial charge on any atom is 0.131 e. The lowest BCUT2D eigenvalue weighted by Gasteiger charge is -2.14. The Kier molecular flexibility index (Phi) is 2.37. The zero-order valence-electron chi connectivity index (χ0n) is 9.04. The van der Waals surface area contributed by atoms with Crippen LogP contribution in [0.5, 0.6) is 0 Å². The highest BCUT2D eigenvalue weighted by Gasteiger charge is 2.18. The maximum absolute atomic E-state index is 13.6. The highest BCUT2D eigenvalue weighted by Crippen LogP contribution is 2.30. The minimum Gasteiger partial charge on any atom is -0.310 e. The van der Waals surface area contributed by atoms with E-state index >= 15 is 0 Å². The van der Waals surface area contributed by atoms with Gasteiger partial charge in [-0.15, -0.1) is 0 Å². The number of rotatable bonds is 1. The molecule has 1 N–H and O–H groups in total. The van der Waals surface area contributed by atoms with Gasteiger partial charge in [-0.1, -0.05) is 30.3 Å². The van der Waals surface area contributed by atoms with Gasteiger partial charge in [-0.25, -0.2) is 4.39 Å². The quantitative estimate of drug-likeness (QED) is 0.768. The summed E-state index contributed by atoms with van der Waals surface area (Å²) in [6, 6.07) is 11.6. The molecule has 1 nitrogen and oxygen atoms in total. The Bertz CT molecular complexity index is 515. The molecule has 0 saturated carbocycles. The predicted molar refractivity (Wildman–Crippen MR) is 63.9 cm³/mol. The lowest BCUT2D eigenvalue weighted by molar-refractivity contribution is 0.631. The molecule has 2 aromatic rings. The van der Waals surface area contributed by atoms with Gasteiger partial charge in [-0.2, -0.15) is 0 Å². The van der Waals surface area contributed by atoms with Gasteiger partial charge in [-0.05, 0) is 36.4 Å². The fourth-order valence-electron chi connectivity index (χ4n) is 2.54. The van der Waals surface area contributed by atoms with E-state index in [-0.39, 0.29) is 5.82 Å². The van der Waals surface area contributed by atoms with E-state index in [1.54, 1.807) is 6.07 Å². The zero-order valence-corrected chi connectivity index (χ0v) is 9.04. The molecule has 1 unspecified atom stereocenters. The Labute approximate surface area is 94.3 Å². The molecular weight excluding hydrogens is 201 g/mol. The third kappa shape index (κ3) is 1.50. The van der Waals surface area contributed by atoms with E-state index in [1.165, 1.54) is 12.0 Å². The molecule has 16 heavy (non-hydrogen) atoms. The number of hydrogen-bond donors (Lipinski definition) is 1. The average molecular weight is 215 g/mol. The summed E-state index contributed by atoms with van der Waals surface area (Å²) in [4.78, 5) is 0. The normalized spacial score (nSPS) is 20.4. The summed E-state index contributed by atoms with van der Waals surface area (Å²) in [6.07, 6.45) is 2.35. The van der Waals surface area contributed by atoms with E-state index < -0.39 is 0 Å². The Morgan fingerprint density at radius 3 is 2.62 bits per heavy atom. The Morgan fingerprint density at radius 2 is 1.88 bits per heavy atom. The van der Waals surface area contributed by atoms with E-state index in [2.05, 4.69) is 5.32 Å². The summed E-state index contributed by atoms with van der Waals surface area (Å²) >= 11 is 0. The smallest absolute Gasteiger partial charge is 0.131 e. The first-order valence-electron chi connectivity index (χ1n) is 5.77. The monoisotopic (exact) mass is 215 g/mol. The molecule has 1 aliphatic heterocycles. The summed E-state index contributed by atoms with van der Waals surface area (Å²) in [5, 5.41) is 5.24. The number of nitrogens with one attached hydrogen (secondary N) is 1. The molecule has 0 spiro atoms. The molecule has 0 aromatic heterocycles. The molecular formula is C14H14FN. The first-order chi connectivity index (χ1) is 7.86. The van der Waals surface area contributed by atoms with Gasteiger partial charge in [-0.3, -0.25) is 0 Å². The molecule has 2 aromatic carbocycles. The van der Waals surface area contributed by atoms with Crippen molar-refractivity contribution < 1.29 is 4.39 Å². The van der Waals surface area contributed by atoms with E-state index in [4.69, 9.17) is 0 Å². The van der Waals surface area contributed by atoms with Crippen molar-refractivity contribution in [3.8, 4) is 0 Å². The van der Waals surface area contributed by atoms with Crippen molar-refractivity contribution in [2.75, 3.05) is 6.54 Å². The third-order valence-corrected chi connectivity index (χ3v) is 3.34. The Hall–Kier alpha value is -1.41. The van der Waals surface area contributed by atoms with Gasteiger partial charge in [0.1, 0.15) is 5.82 Å². The first-order valence-corrected chi connectivity index (χ1v) is 5.77. The van der Waals surface area contributed by atoms with Crippen LogP contribution in [0, 0.1) is 5.82 Å². The second-order valence-electron chi connectivity index (χ2n) is 4.33. The molecule has 1 heterocycles. The van der Waals surface area contributed by atoms with E-state index in [0.29, 0.717) is 6.04 Å². The molecule has 0 bridgehead atoms. The van der Waals surface area contributed by atoms with Crippen LogP contribution in [0.3, 0.4) is 0 Å². The Balaban J connectivity index is 2.21. The van der Waals surface area contributed by atoms with Crippen LogP contribution in [0.2, 0.25) is 0 Å². The molecule has 1 aliphatic rings. The number of hydrogen-bond acceptors (Lipinski definition) is 1. The van der Waals surface area contributed by atoms with Gasteiger partial charge in [0.25, 0.3) is 0 Å². The van der Waals surface area contributed by atoms with E-state index in [1.807, 2.05) is 30.3 Å². The van der Waals surface area contributed by atoms with Crippen molar-refractivity contribution in [1.82, 2.24) is 5.32 Å². The van der Waals surface area contributed by atoms with Crippen molar-refractivity contribution in [3.63, 3.8) is 0 Å². The second kappa shape index (κ2) is 3.87. The fraction of sp³-hybridized carbons (Fsp3) is 0.286. The zero-order chi connectivity index (χ0) is 11.0. The third-order valence-electron chi connectivity index (χ3n) is 3.34.